The number of aliphatic hydroxyl groups is 1. The Hall–Kier alpha value is -0.830. The van der Waals surface area contributed by atoms with Crippen LogP contribution < -0.4 is 0 Å². The van der Waals surface area contributed by atoms with E-state index in [1.165, 1.54) is 0 Å². The third-order valence-electron chi connectivity index (χ3n) is 3.00. The van der Waals surface area contributed by atoms with E-state index in [0.717, 1.165) is 25.7 Å². The summed E-state index contributed by atoms with van der Waals surface area (Å²) in [6.07, 6.45) is 4.94. The molecule has 0 heterocycles. The minimum atomic E-state index is -0.850. The van der Waals surface area contributed by atoms with Crippen LogP contribution in [0.15, 0.2) is 11.6 Å². The Morgan fingerprint density at radius 1 is 1.43 bits per heavy atom. The molecular formula is C11H18O3. The van der Waals surface area contributed by atoms with Gasteiger partial charge in [-0.25, -0.2) is 4.79 Å². The van der Waals surface area contributed by atoms with Gasteiger partial charge in [0.25, 0.3) is 0 Å². The molecule has 1 saturated carbocycles. The van der Waals surface area contributed by atoms with Gasteiger partial charge in [-0.15, -0.1) is 0 Å². The van der Waals surface area contributed by atoms with E-state index in [-0.39, 0.29) is 11.5 Å². The van der Waals surface area contributed by atoms with Crippen LogP contribution in [0.5, 0.6) is 0 Å². The minimum Gasteiger partial charge on any atom is -0.478 e. The fourth-order valence-corrected chi connectivity index (χ4v) is 1.99. The summed E-state index contributed by atoms with van der Waals surface area (Å²) in [5.74, 6) is -0.850. The van der Waals surface area contributed by atoms with E-state index < -0.39 is 5.97 Å². The highest BCUT2D eigenvalue weighted by Crippen LogP contribution is 2.37. The topological polar surface area (TPSA) is 57.5 Å². The fraction of sp³-hybridized carbons (Fsp3) is 0.727. The molecule has 0 spiro atoms. The fourth-order valence-electron chi connectivity index (χ4n) is 1.99. The van der Waals surface area contributed by atoms with E-state index in [9.17, 15) is 9.90 Å². The number of carboxylic acid groups (broad SMARTS) is 1. The maximum Gasteiger partial charge on any atom is 0.330 e. The van der Waals surface area contributed by atoms with Crippen molar-refractivity contribution in [1.82, 2.24) is 0 Å². The molecule has 0 saturated heterocycles. The van der Waals surface area contributed by atoms with Gasteiger partial charge in [0.15, 0.2) is 0 Å². The summed E-state index contributed by atoms with van der Waals surface area (Å²) in [4.78, 5) is 10.7. The molecule has 0 aromatic rings. The average Bonchev–Trinajstić information content (AvgIpc) is 2.10. The third-order valence-corrected chi connectivity index (χ3v) is 3.00. The summed E-state index contributed by atoms with van der Waals surface area (Å²) in [6, 6.07) is 0. The molecule has 0 atom stereocenters. The molecule has 1 aliphatic rings. The van der Waals surface area contributed by atoms with Gasteiger partial charge in [-0.2, -0.15) is 0 Å². The molecule has 1 rings (SSSR count). The number of carbonyl (C=O) groups is 1. The van der Waals surface area contributed by atoms with Gasteiger partial charge >= 0.3 is 5.97 Å². The normalized spacial score (nSPS) is 34.2. The van der Waals surface area contributed by atoms with Crippen molar-refractivity contribution in [3.8, 4) is 0 Å². The van der Waals surface area contributed by atoms with Crippen LogP contribution in [0, 0.1) is 5.41 Å². The maximum absolute atomic E-state index is 10.7. The van der Waals surface area contributed by atoms with Crippen LogP contribution in [-0.2, 0) is 4.79 Å². The van der Waals surface area contributed by atoms with Gasteiger partial charge in [-0.1, -0.05) is 13.0 Å². The van der Waals surface area contributed by atoms with Crippen molar-refractivity contribution in [3.63, 3.8) is 0 Å². The first-order chi connectivity index (χ1) is 6.43. The van der Waals surface area contributed by atoms with Crippen molar-refractivity contribution in [2.45, 2.75) is 45.6 Å². The molecule has 0 unspecified atom stereocenters. The molecular weight excluding hydrogens is 180 g/mol. The predicted molar refractivity (Wildman–Crippen MR) is 54.0 cm³/mol. The smallest absolute Gasteiger partial charge is 0.330 e. The molecule has 0 aliphatic heterocycles. The van der Waals surface area contributed by atoms with Crippen LogP contribution in [0.1, 0.15) is 39.5 Å². The van der Waals surface area contributed by atoms with Crippen molar-refractivity contribution in [1.29, 1.82) is 0 Å². The molecule has 0 aromatic carbocycles. The molecule has 2 N–H and O–H groups in total. The van der Waals surface area contributed by atoms with E-state index >= 15 is 0 Å². The number of hydrogen-bond donors (Lipinski definition) is 2. The average molecular weight is 198 g/mol. The van der Waals surface area contributed by atoms with E-state index in [2.05, 4.69) is 6.92 Å². The van der Waals surface area contributed by atoms with Crippen LogP contribution in [0.2, 0.25) is 0 Å². The Bertz CT molecular complexity index is 247. The van der Waals surface area contributed by atoms with Crippen molar-refractivity contribution in [3.05, 3.63) is 11.6 Å². The Labute approximate surface area is 84.4 Å². The van der Waals surface area contributed by atoms with E-state index in [1.54, 1.807) is 6.92 Å². The highest BCUT2D eigenvalue weighted by Gasteiger charge is 2.28. The Balaban J connectivity index is 2.67. The standard InChI is InChI=1S/C11H18O3/c1-8(10(13)14)7-11(2)5-3-9(12)4-6-11/h7,9,12H,3-6H2,1-2H3,(H,13,14). The molecule has 3 heteroatoms. The zero-order chi connectivity index (χ0) is 10.8. The van der Waals surface area contributed by atoms with E-state index in [4.69, 9.17) is 5.11 Å². The highest BCUT2D eigenvalue weighted by atomic mass is 16.4. The maximum atomic E-state index is 10.7. The number of rotatable bonds is 2. The Morgan fingerprint density at radius 3 is 2.36 bits per heavy atom. The number of allylic oxidation sites excluding steroid dienone is 1. The second kappa shape index (κ2) is 4.13. The largest absolute Gasteiger partial charge is 0.478 e. The summed E-state index contributed by atoms with van der Waals surface area (Å²) in [7, 11) is 0. The summed E-state index contributed by atoms with van der Waals surface area (Å²) in [5.41, 5.74) is 0.366. The summed E-state index contributed by atoms with van der Waals surface area (Å²) < 4.78 is 0. The first-order valence-corrected chi connectivity index (χ1v) is 5.04. The molecule has 0 radical (unpaired) electrons. The number of carboxylic acids is 1. The third kappa shape index (κ3) is 2.84. The van der Waals surface area contributed by atoms with E-state index in [1.807, 2.05) is 6.08 Å². The molecule has 0 bridgehead atoms. The number of hydrogen-bond acceptors (Lipinski definition) is 2. The highest BCUT2D eigenvalue weighted by molar-refractivity contribution is 5.85. The van der Waals surface area contributed by atoms with Crippen molar-refractivity contribution >= 4 is 5.97 Å². The predicted octanol–water partition coefficient (Wildman–Crippen LogP) is 1.96. The molecule has 1 fully saturated rings. The second-order valence-electron chi connectivity index (χ2n) is 4.52. The minimum absolute atomic E-state index is 0.0400. The lowest BCUT2D eigenvalue weighted by molar-refractivity contribution is -0.132. The van der Waals surface area contributed by atoms with Crippen molar-refractivity contribution in [2.24, 2.45) is 5.41 Å². The first kappa shape index (κ1) is 11.2. The molecule has 0 amide bonds. The number of aliphatic carboxylic acids is 1. The lowest BCUT2D eigenvalue weighted by Gasteiger charge is -2.33. The van der Waals surface area contributed by atoms with Gasteiger partial charge in [0.05, 0.1) is 6.10 Å². The second-order valence-corrected chi connectivity index (χ2v) is 4.52. The lowest BCUT2D eigenvalue weighted by atomic mass is 9.74. The number of aliphatic hydroxyl groups excluding tert-OH is 1. The molecule has 3 nitrogen and oxygen atoms in total. The van der Waals surface area contributed by atoms with Gasteiger partial charge in [0, 0.05) is 5.57 Å². The molecule has 0 aromatic heterocycles. The van der Waals surface area contributed by atoms with Crippen LogP contribution in [0.3, 0.4) is 0 Å². The van der Waals surface area contributed by atoms with Gasteiger partial charge in [0.2, 0.25) is 0 Å². The SMILES string of the molecule is CC(=CC1(C)CCC(O)CC1)C(=O)O. The first-order valence-electron chi connectivity index (χ1n) is 5.04. The van der Waals surface area contributed by atoms with Crippen LogP contribution in [0.25, 0.3) is 0 Å². The quantitative estimate of drug-likeness (QED) is 0.667. The van der Waals surface area contributed by atoms with Gasteiger partial charge < -0.3 is 10.2 Å². The monoisotopic (exact) mass is 198 g/mol. The lowest BCUT2D eigenvalue weighted by Crippen LogP contribution is -2.26. The van der Waals surface area contributed by atoms with Crippen LogP contribution in [0.4, 0.5) is 0 Å². The summed E-state index contributed by atoms with van der Waals surface area (Å²) in [5, 5.41) is 18.1. The summed E-state index contributed by atoms with van der Waals surface area (Å²) in [6.45, 7) is 3.68. The van der Waals surface area contributed by atoms with Crippen molar-refractivity contribution in [2.75, 3.05) is 0 Å². The zero-order valence-corrected chi connectivity index (χ0v) is 8.79. The molecule has 80 valence electrons. The molecule has 14 heavy (non-hydrogen) atoms. The van der Waals surface area contributed by atoms with Crippen LogP contribution >= 0.6 is 0 Å². The molecule has 1 aliphatic carbocycles. The van der Waals surface area contributed by atoms with Gasteiger partial charge in [-0.3, -0.25) is 0 Å². The Morgan fingerprint density at radius 2 is 1.93 bits per heavy atom. The van der Waals surface area contributed by atoms with Gasteiger partial charge in [0.1, 0.15) is 0 Å². The van der Waals surface area contributed by atoms with E-state index in [0.29, 0.717) is 5.57 Å². The van der Waals surface area contributed by atoms with Crippen LogP contribution in [-0.4, -0.2) is 22.3 Å². The zero-order valence-electron chi connectivity index (χ0n) is 8.79. The van der Waals surface area contributed by atoms with Crippen molar-refractivity contribution < 1.29 is 15.0 Å². The Kier molecular flexibility index (Phi) is 3.32. The van der Waals surface area contributed by atoms with Gasteiger partial charge in [-0.05, 0) is 38.0 Å². The summed E-state index contributed by atoms with van der Waals surface area (Å²) >= 11 is 0.